The van der Waals surface area contributed by atoms with Crippen LogP contribution in [0.3, 0.4) is 0 Å². The minimum Gasteiger partial charge on any atom is -0.469 e. The number of furan rings is 1. The van der Waals surface area contributed by atoms with Gasteiger partial charge in [-0.15, -0.1) is 0 Å². The summed E-state index contributed by atoms with van der Waals surface area (Å²) >= 11 is 1.49. The Kier molecular flexibility index (Phi) is 6.87. The van der Waals surface area contributed by atoms with Crippen molar-refractivity contribution in [2.24, 2.45) is 0 Å². The molecule has 0 saturated heterocycles. The van der Waals surface area contributed by atoms with Crippen molar-refractivity contribution < 1.29 is 14.0 Å². The molecule has 5 nitrogen and oxygen atoms in total. The van der Waals surface area contributed by atoms with E-state index >= 15 is 0 Å². The lowest BCUT2D eigenvalue weighted by Crippen LogP contribution is -2.33. The highest BCUT2D eigenvalue weighted by molar-refractivity contribution is 7.08. The summed E-state index contributed by atoms with van der Waals surface area (Å²) in [6, 6.07) is 5.69. The Morgan fingerprint density at radius 2 is 2.22 bits per heavy atom. The van der Waals surface area contributed by atoms with E-state index in [2.05, 4.69) is 10.6 Å². The molecule has 0 aromatic carbocycles. The van der Waals surface area contributed by atoms with Crippen molar-refractivity contribution in [2.75, 3.05) is 6.54 Å². The van der Waals surface area contributed by atoms with Crippen LogP contribution in [-0.2, 0) is 11.2 Å². The van der Waals surface area contributed by atoms with Crippen molar-refractivity contribution >= 4 is 23.2 Å². The average Bonchev–Trinajstić information content (AvgIpc) is 3.22. The first-order valence-corrected chi connectivity index (χ1v) is 8.71. The molecule has 6 heteroatoms. The Bertz CT molecular complexity index is 593. The predicted octanol–water partition coefficient (Wildman–Crippen LogP) is 2.99. The first kappa shape index (κ1) is 17.3. The molecule has 0 bridgehead atoms. The van der Waals surface area contributed by atoms with Crippen LogP contribution in [0.4, 0.5) is 0 Å². The molecule has 2 N–H and O–H groups in total. The van der Waals surface area contributed by atoms with E-state index < -0.39 is 0 Å². The number of hydrogen-bond donors (Lipinski definition) is 2. The third-order valence-electron chi connectivity index (χ3n) is 3.46. The van der Waals surface area contributed by atoms with Crippen LogP contribution in [0.2, 0.25) is 0 Å². The Labute approximate surface area is 140 Å². The smallest absolute Gasteiger partial charge is 0.252 e. The Hall–Kier alpha value is -2.08. The molecular weight excluding hydrogens is 312 g/mol. The summed E-state index contributed by atoms with van der Waals surface area (Å²) in [5.74, 6) is 0.863. The van der Waals surface area contributed by atoms with Crippen LogP contribution in [0.15, 0.2) is 39.6 Å². The van der Waals surface area contributed by atoms with Crippen molar-refractivity contribution in [3.63, 3.8) is 0 Å². The Morgan fingerprint density at radius 1 is 1.35 bits per heavy atom. The summed E-state index contributed by atoms with van der Waals surface area (Å²) in [4.78, 5) is 23.6. The van der Waals surface area contributed by atoms with Gasteiger partial charge in [0.1, 0.15) is 5.76 Å². The lowest BCUT2D eigenvalue weighted by atomic mass is 10.1. The second-order valence-corrected chi connectivity index (χ2v) is 6.24. The van der Waals surface area contributed by atoms with Crippen molar-refractivity contribution in [1.82, 2.24) is 10.6 Å². The van der Waals surface area contributed by atoms with Crippen LogP contribution in [0.25, 0.3) is 0 Å². The molecule has 2 aromatic rings. The fraction of sp³-hybridized carbons (Fsp3) is 0.412. The summed E-state index contributed by atoms with van der Waals surface area (Å²) in [5, 5.41) is 9.45. The van der Waals surface area contributed by atoms with Crippen molar-refractivity contribution in [3.8, 4) is 0 Å². The molecular formula is C17H22N2O3S. The summed E-state index contributed by atoms with van der Waals surface area (Å²) < 4.78 is 5.27. The second kappa shape index (κ2) is 9.15. The number of hydrogen-bond acceptors (Lipinski definition) is 4. The lowest BCUT2D eigenvalue weighted by Gasteiger charge is -2.13. The summed E-state index contributed by atoms with van der Waals surface area (Å²) in [7, 11) is 0. The number of thiophene rings is 1. The monoisotopic (exact) mass is 334 g/mol. The second-order valence-electron chi connectivity index (χ2n) is 5.46. The maximum atomic E-state index is 11.8. The highest BCUT2D eigenvalue weighted by atomic mass is 32.1. The first-order chi connectivity index (χ1) is 11.1. The SMILES string of the molecule is CC(CCc1ccco1)NC(=O)CCCNC(=O)c1ccsc1. The molecule has 2 amide bonds. The minimum atomic E-state index is -0.0847. The maximum Gasteiger partial charge on any atom is 0.252 e. The number of aryl methyl sites for hydroxylation is 1. The molecule has 1 atom stereocenters. The van der Waals surface area contributed by atoms with Gasteiger partial charge >= 0.3 is 0 Å². The molecule has 0 saturated carbocycles. The highest BCUT2D eigenvalue weighted by Crippen LogP contribution is 2.06. The molecule has 2 aromatic heterocycles. The standard InChI is InChI=1S/C17H22N2O3S/c1-13(6-7-15-4-3-10-22-15)19-16(20)5-2-9-18-17(21)14-8-11-23-12-14/h3-4,8,10-13H,2,5-7,9H2,1H3,(H,18,21)(H,19,20). The molecule has 2 heterocycles. The maximum absolute atomic E-state index is 11.8. The van der Waals surface area contributed by atoms with Crippen LogP contribution in [0, 0.1) is 0 Å². The van der Waals surface area contributed by atoms with Gasteiger partial charge in [0.2, 0.25) is 5.91 Å². The van der Waals surface area contributed by atoms with E-state index in [9.17, 15) is 9.59 Å². The van der Waals surface area contributed by atoms with Gasteiger partial charge in [-0.2, -0.15) is 11.3 Å². The average molecular weight is 334 g/mol. The van der Waals surface area contributed by atoms with E-state index in [1.165, 1.54) is 11.3 Å². The fourth-order valence-electron chi connectivity index (χ4n) is 2.18. The Morgan fingerprint density at radius 3 is 2.91 bits per heavy atom. The van der Waals surface area contributed by atoms with Crippen LogP contribution >= 0.6 is 11.3 Å². The molecule has 124 valence electrons. The normalized spacial score (nSPS) is 11.9. The molecule has 1 unspecified atom stereocenters. The zero-order valence-corrected chi connectivity index (χ0v) is 14.0. The zero-order chi connectivity index (χ0) is 16.5. The van der Waals surface area contributed by atoms with Crippen molar-refractivity contribution in [1.29, 1.82) is 0 Å². The van der Waals surface area contributed by atoms with Gasteiger partial charge in [-0.3, -0.25) is 9.59 Å². The van der Waals surface area contributed by atoms with E-state index in [4.69, 9.17) is 4.42 Å². The van der Waals surface area contributed by atoms with E-state index in [0.717, 1.165) is 18.6 Å². The zero-order valence-electron chi connectivity index (χ0n) is 13.2. The van der Waals surface area contributed by atoms with Gasteiger partial charge in [0.15, 0.2) is 0 Å². The van der Waals surface area contributed by atoms with Gasteiger partial charge in [0, 0.05) is 36.4 Å². The molecule has 0 spiro atoms. The number of nitrogens with one attached hydrogen (secondary N) is 2. The van der Waals surface area contributed by atoms with E-state index in [1.807, 2.05) is 29.8 Å². The van der Waals surface area contributed by atoms with Gasteiger partial charge in [0.05, 0.1) is 6.26 Å². The summed E-state index contributed by atoms with van der Waals surface area (Å²) in [5.41, 5.74) is 0.672. The lowest BCUT2D eigenvalue weighted by molar-refractivity contribution is -0.121. The van der Waals surface area contributed by atoms with Gasteiger partial charge in [0.25, 0.3) is 5.91 Å². The molecule has 23 heavy (non-hydrogen) atoms. The number of carbonyl (C=O) groups is 2. The highest BCUT2D eigenvalue weighted by Gasteiger charge is 2.09. The third kappa shape index (κ3) is 6.28. The van der Waals surface area contributed by atoms with Gasteiger partial charge < -0.3 is 15.1 Å². The number of carbonyl (C=O) groups excluding carboxylic acids is 2. The van der Waals surface area contributed by atoms with Crippen molar-refractivity contribution in [2.45, 2.75) is 38.6 Å². The molecule has 0 aliphatic carbocycles. The first-order valence-electron chi connectivity index (χ1n) is 7.77. The van der Waals surface area contributed by atoms with Gasteiger partial charge in [-0.25, -0.2) is 0 Å². The third-order valence-corrected chi connectivity index (χ3v) is 4.14. The topological polar surface area (TPSA) is 71.3 Å². The van der Waals surface area contributed by atoms with Gasteiger partial charge in [-0.1, -0.05) is 0 Å². The van der Waals surface area contributed by atoms with Crippen LogP contribution in [-0.4, -0.2) is 24.4 Å². The molecule has 0 fully saturated rings. The van der Waals surface area contributed by atoms with Crippen LogP contribution in [0.1, 0.15) is 42.3 Å². The summed E-state index contributed by atoms with van der Waals surface area (Å²) in [6.45, 7) is 2.49. The van der Waals surface area contributed by atoms with E-state index in [0.29, 0.717) is 24.9 Å². The van der Waals surface area contributed by atoms with Crippen LogP contribution in [0.5, 0.6) is 0 Å². The predicted molar refractivity (Wildman–Crippen MR) is 90.5 cm³/mol. The quantitative estimate of drug-likeness (QED) is 0.693. The number of amides is 2. The largest absolute Gasteiger partial charge is 0.469 e. The van der Waals surface area contributed by atoms with Crippen molar-refractivity contribution in [3.05, 3.63) is 46.5 Å². The van der Waals surface area contributed by atoms with Crippen LogP contribution < -0.4 is 10.6 Å². The van der Waals surface area contributed by atoms with Gasteiger partial charge in [-0.05, 0) is 43.3 Å². The molecule has 0 aliphatic rings. The van der Waals surface area contributed by atoms with E-state index in [1.54, 1.807) is 12.3 Å². The molecule has 0 radical (unpaired) electrons. The van der Waals surface area contributed by atoms with E-state index in [-0.39, 0.29) is 17.9 Å². The number of rotatable bonds is 9. The Balaban J connectivity index is 1.55. The minimum absolute atomic E-state index is 0.0155. The molecule has 2 rings (SSSR count). The molecule has 0 aliphatic heterocycles. The summed E-state index contributed by atoms with van der Waals surface area (Å²) in [6.07, 6.45) is 4.35. The fourth-order valence-corrected chi connectivity index (χ4v) is 2.82.